The van der Waals surface area contributed by atoms with E-state index < -0.39 is 16.1 Å². The van der Waals surface area contributed by atoms with Crippen molar-refractivity contribution in [2.45, 2.75) is 26.0 Å². The molecule has 0 aliphatic carbocycles. The van der Waals surface area contributed by atoms with E-state index in [1.807, 2.05) is 31.2 Å². The fourth-order valence-corrected chi connectivity index (χ4v) is 3.23. The molecule has 0 fully saturated rings. The number of carbonyl (C=O) groups excluding carboxylic acids is 1. The molecule has 1 atom stereocenters. The Kier molecular flexibility index (Phi) is 7.50. The second-order valence-electron chi connectivity index (χ2n) is 6.78. The van der Waals surface area contributed by atoms with Crippen molar-refractivity contribution in [1.82, 2.24) is 4.90 Å². The van der Waals surface area contributed by atoms with Gasteiger partial charge >= 0.3 is 0 Å². The largest absolute Gasteiger partial charge is 0.497 e. The first kappa shape index (κ1) is 22.5. The lowest BCUT2D eigenvalue weighted by Crippen LogP contribution is -2.39. The highest BCUT2D eigenvalue weighted by molar-refractivity contribution is 7.92. The molecule has 2 aromatic carbocycles. The van der Waals surface area contributed by atoms with E-state index in [0.717, 1.165) is 17.6 Å². The summed E-state index contributed by atoms with van der Waals surface area (Å²) in [7, 11) is 1.50. The zero-order valence-corrected chi connectivity index (χ0v) is 18.3. The van der Waals surface area contributed by atoms with Crippen LogP contribution in [0, 0.1) is 0 Å². The zero-order chi connectivity index (χ0) is 21.6. The van der Waals surface area contributed by atoms with Gasteiger partial charge in [-0.05, 0) is 48.4 Å². The summed E-state index contributed by atoms with van der Waals surface area (Å²) in [6.45, 7) is 2.34. The van der Waals surface area contributed by atoms with E-state index >= 15 is 0 Å². The van der Waals surface area contributed by atoms with Crippen molar-refractivity contribution >= 4 is 21.6 Å². The van der Waals surface area contributed by atoms with Crippen molar-refractivity contribution in [3.05, 3.63) is 54.1 Å². The number of methoxy groups -OCH3 is 1. The summed E-state index contributed by atoms with van der Waals surface area (Å²) in [6.07, 6.45) is 1.02. The highest BCUT2D eigenvalue weighted by Crippen LogP contribution is 2.22. The van der Waals surface area contributed by atoms with Gasteiger partial charge in [-0.2, -0.15) is 0 Å². The quantitative estimate of drug-likeness (QED) is 0.623. The summed E-state index contributed by atoms with van der Waals surface area (Å²) in [5.74, 6) is 1.15. The van der Waals surface area contributed by atoms with Crippen LogP contribution >= 0.6 is 0 Å². The number of nitrogens with zero attached hydrogens (tertiary/aromatic N) is 2. The third-order valence-corrected chi connectivity index (χ3v) is 5.78. The van der Waals surface area contributed by atoms with Gasteiger partial charge in [0.05, 0.1) is 19.1 Å². The average Bonchev–Trinajstić information content (AvgIpc) is 2.71. The molecule has 0 spiro atoms. The molecule has 0 N–H and O–H groups in total. The summed E-state index contributed by atoms with van der Waals surface area (Å²) in [5.41, 5.74) is 1.51. The molecule has 0 saturated heterocycles. The number of hydrogen-bond acceptors (Lipinski definition) is 5. The third kappa shape index (κ3) is 6.12. The Labute approximate surface area is 172 Å². The van der Waals surface area contributed by atoms with Crippen LogP contribution in [-0.4, -0.2) is 52.8 Å². The summed E-state index contributed by atoms with van der Waals surface area (Å²) in [4.78, 5) is 14.4. The number of benzene rings is 2. The van der Waals surface area contributed by atoms with E-state index in [1.165, 1.54) is 11.4 Å². The third-order valence-electron chi connectivity index (χ3n) is 4.58. The minimum absolute atomic E-state index is 0.124. The molecule has 0 unspecified atom stereocenters. The Morgan fingerprint density at radius 3 is 2.03 bits per heavy atom. The smallest absolute Gasteiger partial charge is 0.263 e. The van der Waals surface area contributed by atoms with Crippen molar-refractivity contribution in [2.75, 3.05) is 31.8 Å². The van der Waals surface area contributed by atoms with Gasteiger partial charge < -0.3 is 14.4 Å². The first-order chi connectivity index (χ1) is 13.7. The van der Waals surface area contributed by atoms with Crippen LogP contribution in [0.15, 0.2) is 48.5 Å². The van der Waals surface area contributed by atoms with Crippen LogP contribution < -0.4 is 13.8 Å². The molecule has 2 aromatic rings. The van der Waals surface area contributed by atoms with Gasteiger partial charge in [-0.25, -0.2) is 8.42 Å². The lowest BCUT2D eigenvalue weighted by atomic mass is 10.2. The van der Waals surface area contributed by atoms with E-state index in [0.29, 0.717) is 24.4 Å². The van der Waals surface area contributed by atoms with E-state index in [2.05, 4.69) is 0 Å². The van der Waals surface area contributed by atoms with Gasteiger partial charge in [0.1, 0.15) is 11.5 Å². The molecule has 0 bridgehead atoms. The van der Waals surface area contributed by atoms with Gasteiger partial charge in [0.25, 0.3) is 5.91 Å². The van der Waals surface area contributed by atoms with E-state index in [-0.39, 0.29) is 5.91 Å². The van der Waals surface area contributed by atoms with Crippen LogP contribution in [0.3, 0.4) is 0 Å². The first-order valence-corrected chi connectivity index (χ1v) is 11.1. The molecule has 0 aromatic heterocycles. The second kappa shape index (κ2) is 9.65. The Hall–Kier alpha value is -2.74. The van der Waals surface area contributed by atoms with Crippen LogP contribution in [0.4, 0.5) is 5.69 Å². The summed E-state index contributed by atoms with van der Waals surface area (Å²) in [5, 5.41) is 0. The highest BCUT2D eigenvalue weighted by atomic mass is 32.2. The average molecular weight is 421 g/mol. The number of ether oxygens (including phenoxy) is 2. The number of sulfonamides is 1. The molecule has 1 amide bonds. The fourth-order valence-electron chi connectivity index (χ4n) is 2.73. The predicted molar refractivity (Wildman–Crippen MR) is 114 cm³/mol. The van der Waals surface area contributed by atoms with Crippen molar-refractivity contribution < 1.29 is 22.7 Å². The Morgan fingerprint density at radius 2 is 1.55 bits per heavy atom. The van der Waals surface area contributed by atoms with Gasteiger partial charge in [0, 0.05) is 20.6 Å². The molecule has 0 aliphatic rings. The summed E-state index contributed by atoms with van der Waals surface area (Å²) < 4.78 is 35.4. The van der Waals surface area contributed by atoms with Crippen LogP contribution in [0.25, 0.3) is 0 Å². The fraction of sp³-hybridized carbons (Fsp3) is 0.381. The SMILES string of the molecule is CC[C@@H](Oc1ccc(N(C)S(C)(=O)=O)cc1)C(=O)N(C)Cc1ccc(OC)cc1. The molecule has 7 nitrogen and oxygen atoms in total. The Morgan fingerprint density at radius 1 is 1.00 bits per heavy atom. The van der Waals surface area contributed by atoms with E-state index in [1.54, 1.807) is 43.3 Å². The molecule has 0 aliphatic heterocycles. The number of anilines is 1. The number of carbonyl (C=O) groups is 1. The maximum absolute atomic E-state index is 12.8. The second-order valence-corrected chi connectivity index (χ2v) is 8.80. The van der Waals surface area contributed by atoms with Gasteiger partial charge in [-0.3, -0.25) is 9.10 Å². The molecule has 0 heterocycles. The van der Waals surface area contributed by atoms with Gasteiger partial charge in [0.2, 0.25) is 10.0 Å². The maximum atomic E-state index is 12.8. The van der Waals surface area contributed by atoms with E-state index in [9.17, 15) is 13.2 Å². The zero-order valence-electron chi connectivity index (χ0n) is 17.5. The van der Waals surface area contributed by atoms with Crippen molar-refractivity contribution in [3.8, 4) is 11.5 Å². The Bertz CT molecular complexity index is 911. The maximum Gasteiger partial charge on any atom is 0.263 e. The van der Waals surface area contributed by atoms with Crippen molar-refractivity contribution in [2.24, 2.45) is 0 Å². The molecule has 8 heteroatoms. The van der Waals surface area contributed by atoms with Gasteiger partial charge in [0.15, 0.2) is 6.10 Å². The predicted octanol–water partition coefficient (Wildman–Crippen LogP) is 2.91. The van der Waals surface area contributed by atoms with Crippen LogP contribution in [0.2, 0.25) is 0 Å². The summed E-state index contributed by atoms with van der Waals surface area (Å²) in [6, 6.07) is 14.2. The molecular weight excluding hydrogens is 392 g/mol. The van der Waals surface area contributed by atoms with Gasteiger partial charge in [-0.15, -0.1) is 0 Å². The van der Waals surface area contributed by atoms with Crippen LogP contribution in [-0.2, 0) is 21.4 Å². The molecular formula is C21H28N2O5S. The lowest BCUT2D eigenvalue weighted by Gasteiger charge is -2.24. The van der Waals surface area contributed by atoms with Crippen molar-refractivity contribution in [1.29, 1.82) is 0 Å². The first-order valence-electron chi connectivity index (χ1n) is 9.24. The van der Waals surface area contributed by atoms with Crippen LogP contribution in [0.5, 0.6) is 11.5 Å². The molecule has 0 radical (unpaired) electrons. The monoisotopic (exact) mass is 420 g/mol. The summed E-state index contributed by atoms with van der Waals surface area (Å²) >= 11 is 0. The Balaban J connectivity index is 2.03. The normalized spacial score (nSPS) is 12.2. The number of likely N-dealkylation sites (N-methyl/N-ethyl adjacent to an activating group) is 1. The molecule has 0 saturated carbocycles. The number of hydrogen-bond donors (Lipinski definition) is 0. The topological polar surface area (TPSA) is 76.2 Å². The highest BCUT2D eigenvalue weighted by Gasteiger charge is 2.22. The standard InChI is InChI=1S/C21H28N2O5S/c1-6-20(21(24)22(2)15-16-7-11-18(27-4)12-8-16)28-19-13-9-17(10-14-19)23(3)29(5,25)26/h7-14,20H,6,15H2,1-5H3/t20-/m1/s1. The van der Waals surface area contributed by atoms with Crippen LogP contribution in [0.1, 0.15) is 18.9 Å². The minimum Gasteiger partial charge on any atom is -0.497 e. The minimum atomic E-state index is -3.33. The van der Waals surface area contributed by atoms with E-state index in [4.69, 9.17) is 9.47 Å². The number of amides is 1. The number of rotatable bonds is 9. The molecule has 158 valence electrons. The molecule has 29 heavy (non-hydrogen) atoms. The van der Waals surface area contributed by atoms with Gasteiger partial charge in [-0.1, -0.05) is 19.1 Å². The molecule has 2 rings (SSSR count). The lowest BCUT2D eigenvalue weighted by molar-refractivity contribution is -0.138. The van der Waals surface area contributed by atoms with Crippen molar-refractivity contribution in [3.63, 3.8) is 0 Å².